The molecule has 6 heteroatoms. The Morgan fingerprint density at radius 1 is 1.23 bits per heavy atom. The first-order valence-electron chi connectivity index (χ1n) is 7.42. The fourth-order valence-electron chi connectivity index (χ4n) is 2.22. The van der Waals surface area contributed by atoms with Gasteiger partial charge in [0.25, 0.3) is 0 Å². The zero-order valence-electron chi connectivity index (χ0n) is 12.7. The number of halogens is 2. The Kier molecular flexibility index (Phi) is 5.70. The molecule has 4 nitrogen and oxygen atoms in total. The van der Waals surface area contributed by atoms with Gasteiger partial charge in [-0.05, 0) is 30.9 Å². The van der Waals surface area contributed by atoms with Crippen LogP contribution in [0.2, 0.25) is 10.0 Å². The summed E-state index contributed by atoms with van der Waals surface area (Å²) < 4.78 is 0. The lowest BCUT2D eigenvalue weighted by atomic mass is 10.1. The van der Waals surface area contributed by atoms with Crippen molar-refractivity contribution >= 4 is 40.7 Å². The molecule has 2 amide bonds. The van der Waals surface area contributed by atoms with E-state index in [9.17, 15) is 9.59 Å². The standard InChI is InChI=1S/C16H20Cl2N2O2/c1-9(2)6-7-19-15(21)10-8-11(10)16(22)20-13-5-3-4-12(17)14(13)18/h3-5,9-11H,6-8H2,1-2H3,(H,19,21)(H,20,22). The van der Waals surface area contributed by atoms with Crippen LogP contribution in [0.4, 0.5) is 5.69 Å². The third-order valence-electron chi connectivity index (χ3n) is 3.69. The van der Waals surface area contributed by atoms with Gasteiger partial charge in [-0.25, -0.2) is 0 Å². The van der Waals surface area contributed by atoms with Gasteiger partial charge in [-0.15, -0.1) is 0 Å². The van der Waals surface area contributed by atoms with Crippen LogP contribution in [0.5, 0.6) is 0 Å². The quantitative estimate of drug-likeness (QED) is 0.827. The van der Waals surface area contributed by atoms with Gasteiger partial charge in [-0.3, -0.25) is 9.59 Å². The molecule has 2 rings (SSSR count). The Hall–Kier alpha value is -1.26. The van der Waals surface area contributed by atoms with E-state index in [4.69, 9.17) is 23.2 Å². The Bertz CT molecular complexity index is 575. The molecule has 0 saturated heterocycles. The van der Waals surface area contributed by atoms with E-state index in [2.05, 4.69) is 24.5 Å². The van der Waals surface area contributed by atoms with Crippen LogP contribution in [0.25, 0.3) is 0 Å². The highest BCUT2D eigenvalue weighted by Crippen LogP contribution is 2.40. The second kappa shape index (κ2) is 7.34. The summed E-state index contributed by atoms with van der Waals surface area (Å²) in [7, 11) is 0. The number of amides is 2. The number of nitrogens with one attached hydrogen (secondary N) is 2. The molecule has 0 heterocycles. The van der Waals surface area contributed by atoms with Crippen LogP contribution in [0.3, 0.4) is 0 Å². The zero-order valence-corrected chi connectivity index (χ0v) is 14.2. The third-order valence-corrected chi connectivity index (χ3v) is 4.51. The molecule has 2 N–H and O–H groups in total. The third kappa shape index (κ3) is 4.37. The Balaban J connectivity index is 1.83. The molecule has 1 aliphatic rings. The second-order valence-corrected chi connectivity index (χ2v) is 6.80. The predicted octanol–water partition coefficient (Wildman–Crippen LogP) is 3.73. The summed E-state index contributed by atoms with van der Waals surface area (Å²) in [5.41, 5.74) is 0.477. The molecule has 2 atom stereocenters. The van der Waals surface area contributed by atoms with Crippen LogP contribution in [-0.4, -0.2) is 18.4 Å². The minimum atomic E-state index is -0.283. The maximum Gasteiger partial charge on any atom is 0.228 e. The summed E-state index contributed by atoms with van der Waals surface area (Å²) in [6.07, 6.45) is 1.52. The number of hydrogen-bond donors (Lipinski definition) is 2. The monoisotopic (exact) mass is 342 g/mol. The summed E-state index contributed by atoms with van der Waals surface area (Å²) in [6, 6.07) is 5.06. The molecule has 1 aliphatic carbocycles. The Labute approximate surface area is 140 Å². The van der Waals surface area contributed by atoms with Crippen molar-refractivity contribution in [3.63, 3.8) is 0 Å². The minimum absolute atomic E-state index is 0.0435. The van der Waals surface area contributed by atoms with Crippen molar-refractivity contribution in [3.05, 3.63) is 28.2 Å². The van der Waals surface area contributed by atoms with Gasteiger partial charge in [0.2, 0.25) is 11.8 Å². The lowest BCUT2D eigenvalue weighted by molar-refractivity contribution is -0.125. The molecular weight excluding hydrogens is 323 g/mol. The molecule has 120 valence electrons. The van der Waals surface area contributed by atoms with Crippen molar-refractivity contribution < 1.29 is 9.59 Å². The van der Waals surface area contributed by atoms with E-state index in [0.717, 1.165) is 6.42 Å². The number of hydrogen-bond acceptors (Lipinski definition) is 2. The van der Waals surface area contributed by atoms with E-state index >= 15 is 0 Å². The van der Waals surface area contributed by atoms with E-state index in [1.807, 2.05) is 0 Å². The van der Waals surface area contributed by atoms with Gasteiger partial charge in [0.15, 0.2) is 0 Å². The predicted molar refractivity (Wildman–Crippen MR) is 89.2 cm³/mol. The Morgan fingerprint density at radius 2 is 1.91 bits per heavy atom. The normalized spacial score (nSPS) is 19.9. The van der Waals surface area contributed by atoms with Crippen molar-refractivity contribution in [3.8, 4) is 0 Å². The molecule has 1 aromatic rings. The number of rotatable bonds is 6. The van der Waals surface area contributed by atoms with Crippen LogP contribution in [-0.2, 0) is 9.59 Å². The van der Waals surface area contributed by atoms with E-state index in [1.165, 1.54) is 0 Å². The summed E-state index contributed by atoms with van der Waals surface area (Å²) in [6.45, 7) is 4.87. The van der Waals surface area contributed by atoms with Crippen LogP contribution in [0.1, 0.15) is 26.7 Å². The minimum Gasteiger partial charge on any atom is -0.356 e. The highest BCUT2D eigenvalue weighted by Gasteiger charge is 2.47. The van der Waals surface area contributed by atoms with Gasteiger partial charge in [-0.1, -0.05) is 43.1 Å². The molecule has 1 saturated carbocycles. The summed E-state index contributed by atoms with van der Waals surface area (Å²) >= 11 is 11.9. The topological polar surface area (TPSA) is 58.2 Å². The zero-order chi connectivity index (χ0) is 16.3. The second-order valence-electron chi connectivity index (χ2n) is 6.01. The molecule has 0 bridgehead atoms. The molecule has 0 aliphatic heterocycles. The summed E-state index contributed by atoms with van der Waals surface area (Å²) in [4.78, 5) is 24.1. The van der Waals surface area contributed by atoms with Crippen LogP contribution >= 0.6 is 23.2 Å². The van der Waals surface area contributed by atoms with Gasteiger partial charge >= 0.3 is 0 Å². The number of benzene rings is 1. The molecule has 0 aromatic heterocycles. The van der Waals surface area contributed by atoms with E-state index in [-0.39, 0.29) is 23.7 Å². The highest BCUT2D eigenvalue weighted by molar-refractivity contribution is 6.44. The number of carbonyl (C=O) groups is 2. The van der Waals surface area contributed by atoms with Crippen molar-refractivity contribution in [2.24, 2.45) is 17.8 Å². The van der Waals surface area contributed by atoms with Gasteiger partial charge in [0.05, 0.1) is 27.6 Å². The summed E-state index contributed by atoms with van der Waals surface area (Å²) in [5, 5.41) is 6.32. The van der Waals surface area contributed by atoms with Crippen LogP contribution in [0.15, 0.2) is 18.2 Å². The lowest BCUT2D eigenvalue weighted by Crippen LogP contribution is -2.28. The van der Waals surface area contributed by atoms with Gasteiger partial charge < -0.3 is 10.6 Å². The largest absolute Gasteiger partial charge is 0.356 e. The van der Waals surface area contributed by atoms with Crippen molar-refractivity contribution in [2.75, 3.05) is 11.9 Å². The number of carbonyl (C=O) groups excluding carboxylic acids is 2. The van der Waals surface area contributed by atoms with E-state index in [0.29, 0.717) is 34.6 Å². The molecule has 0 radical (unpaired) electrons. The molecular formula is C16H20Cl2N2O2. The maximum absolute atomic E-state index is 12.1. The van der Waals surface area contributed by atoms with E-state index < -0.39 is 0 Å². The fraction of sp³-hybridized carbons (Fsp3) is 0.500. The van der Waals surface area contributed by atoms with Gasteiger partial charge in [-0.2, -0.15) is 0 Å². The summed E-state index contributed by atoms with van der Waals surface area (Å²) in [5.74, 6) is -0.200. The van der Waals surface area contributed by atoms with Crippen molar-refractivity contribution in [1.29, 1.82) is 0 Å². The SMILES string of the molecule is CC(C)CCNC(=O)C1CC1C(=O)Nc1cccc(Cl)c1Cl. The molecule has 1 fully saturated rings. The average molecular weight is 343 g/mol. The van der Waals surface area contributed by atoms with Crippen molar-refractivity contribution in [2.45, 2.75) is 26.7 Å². The highest BCUT2D eigenvalue weighted by atomic mass is 35.5. The molecule has 2 unspecified atom stereocenters. The van der Waals surface area contributed by atoms with Crippen LogP contribution < -0.4 is 10.6 Å². The van der Waals surface area contributed by atoms with Crippen molar-refractivity contribution in [1.82, 2.24) is 5.32 Å². The average Bonchev–Trinajstić information content (AvgIpc) is 3.24. The Morgan fingerprint density at radius 3 is 2.59 bits per heavy atom. The van der Waals surface area contributed by atoms with Gasteiger partial charge in [0.1, 0.15) is 0 Å². The molecule has 22 heavy (non-hydrogen) atoms. The maximum atomic E-state index is 12.1. The molecule has 0 spiro atoms. The van der Waals surface area contributed by atoms with Gasteiger partial charge in [0, 0.05) is 6.54 Å². The lowest BCUT2D eigenvalue weighted by Gasteiger charge is -2.09. The smallest absolute Gasteiger partial charge is 0.228 e. The van der Waals surface area contributed by atoms with Crippen LogP contribution in [0, 0.1) is 17.8 Å². The first-order chi connectivity index (χ1) is 10.4. The van der Waals surface area contributed by atoms with E-state index in [1.54, 1.807) is 18.2 Å². The molecule has 1 aromatic carbocycles. The first kappa shape index (κ1) is 17.1. The number of anilines is 1. The first-order valence-corrected chi connectivity index (χ1v) is 8.18. The fourth-order valence-corrected chi connectivity index (χ4v) is 2.56.